The number of nitrogens with zero attached hydrogens (tertiary/aromatic N) is 1. The summed E-state index contributed by atoms with van der Waals surface area (Å²) in [6.07, 6.45) is 0.861. The second kappa shape index (κ2) is 9.37. The first kappa shape index (κ1) is 18.4. The van der Waals surface area contributed by atoms with E-state index >= 15 is 0 Å². The fraction of sp³-hybridized carbons (Fsp3) is 0.250. The third-order valence-electron chi connectivity index (χ3n) is 3.56. The summed E-state index contributed by atoms with van der Waals surface area (Å²) in [5.74, 6) is -0.514. The lowest BCUT2D eigenvalue weighted by atomic mass is 10.0. The molecule has 0 unspecified atom stereocenters. The smallest absolute Gasteiger partial charge is 0.408 e. The maximum Gasteiger partial charge on any atom is 0.408 e. The second-order valence-electron chi connectivity index (χ2n) is 5.93. The van der Waals surface area contributed by atoms with E-state index in [0.29, 0.717) is 0 Å². The summed E-state index contributed by atoms with van der Waals surface area (Å²) in [7, 11) is 0. The third-order valence-corrected chi connectivity index (χ3v) is 3.56. The molecule has 5 nitrogen and oxygen atoms in total. The first-order valence-electron chi connectivity index (χ1n) is 8.16. The number of carbonyl (C=O) groups excluding carboxylic acids is 2. The van der Waals surface area contributed by atoms with Crippen LogP contribution in [0.1, 0.15) is 25.0 Å². The van der Waals surface area contributed by atoms with Crippen molar-refractivity contribution in [3.63, 3.8) is 0 Å². The highest BCUT2D eigenvalue weighted by atomic mass is 16.5. The van der Waals surface area contributed by atoms with Crippen LogP contribution < -0.4 is 5.32 Å². The van der Waals surface area contributed by atoms with Crippen molar-refractivity contribution in [2.24, 2.45) is 10.9 Å². The van der Waals surface area contributed by atoms with Gasteiger partial charge in [-0.25, -0.2) is 9.79 Å². The largest absolute Gasteiger partial charge is 0.445 e. The molecule has 0 aliphatic carbocycles. The number of hydrogen-bond acceptors (Lipinski definition) is 3. The molecule has 25 heavy (non-hydrogen) atoms. The van der Waals surface area contributed by atoms with Crippen LogP contribution in [-0.4, -0.2) is 24.3 Å². The van der Waals surface area contributed by atoms with Gasteiger partial charge in [-0.15, -0.1) is 0 Å². The molecule has 0 saturated carbocycles. The van der Waals surface area contributed by atoms with Crippen LogP contribution in [0.2, 0.25) is 0 Å². The van der Waals surface area contributed by atoms with Gasteiger partial charge in [-0.1, -0.05) is 74.5 Å². The van der Waals surface area contributed by atoms with Gasteiger partial charge in [-0.05, 0) is 17.0 Å². The summed E-state index contributed by atoms with van der Waals surface area (Å²) in [5, 5.41) is 2.60. The van der Waals surface area contributed by atoms with E-state index in [2.05, 4.69) is 10.3 Å². The summed E-state index contributed by atoms with van der Waals surface area (Å²) >= 11 is 0. The molecule has 1 atom stereocenters. The number of ether oxygens (including phenoxy) is 1. The van der Waals surface area contributed by atoms with Gasteiger partial charge in [0.25, 0.3) is 5.91 Å². The van der Waals surface area contributed by atoms with Crippen molar-refractivity contribution in [2.75, 3.05) is 0 Å². The van der Waals surface area contributed by atoms with Crippen LogP contribution >= 0.6 is 0 Å². The summed E-state index contributed by atoms with van der Waals surface area (Å²) in [4.78, 5) is 28.2. The minimum atomic E-state index is -0.733. The van der Waals surface area contributed by atoms with E-state index in [0.717, 1.165) is 11.1 Å². The number of nitrogens with one attached hydrogen (secondary N) is 1. The van der Waals surface area contributed by atoms with E-state index in [9.17, 15) is 9.59 Å². The van der Waals surface area contributed by atoms with Gasteiger partial charge in [0.2, 0.25) is 0 Å². The molecule has 5 heteroatoms. The Morgan fingerprint density at radius 2 is 1.64 bits per heavy atom. The van der Waals surface area contributed by atoms with Crippen molar-refractivity contribution >= 4 is 18.2 Å². The maximum absolute atomic E-state index is 12.3. The van der Waals surface area contributed by atoms with Crippen LogP contribution in [-0.2, 0) is 16.1 Å². The molecule has 130 valence electrons. The van der Waals surface area contributed by atoms with Crippen LogP contribution in [0.4, 0.5) is 4.79 Å². The van der Waals surface area contributed by atoms with Crippen molar-refractivity contribution in [1.82, 2.24) is 5.32 Å². The molecule has 2 rings (SSSR count). The Bertz CT molecular complexity index is 712. The van der Waals surface area contributed by atoms with Gasteiger partial charge in [0.05, 0.1) is 0 Å². The van der Waals surface area contributed by atoms with Gasteiger partial charge in [0.1, 0.15) is 12.6 Å². The summed E-state index contributed by atoms with van der Waals surface area (Å²) < 4.78 is 5.17. The predicted octanol–water partition coefficient (Wildman–Crippen LogP) is 3.58. The Kier molecular flexibility index (Phi) is 6.89. The van der Waals surface area contributed by atoms with E-state index in [1.165, 1.54) is 6.21 Å². The zero-order chi connectivity index (χ0) is 18.1. The summed E-state index contributed by atoms with van der Waals surface area (Å²) in [6, 6.07) is 17.9. The lowest BCUT2D eigenvalue weighted by Crippen LogP contribution is -2.44. The predicted molar refractivity (Wildman–Crippen MR) is 97.4 cm³/mol. The van der Waals surface area contributed by atoms with Crippen LogP contribution in [0.15, 0.2) is 65.7 Å². The minimum absolute atomic E-state index is 0.107. The summed E-state index contributed by atoms with van der Waals surface area (Å²) in [5.41, 5.74) is 1.71. The average molecular weight is 338 g/mol. The zero-order valence-corrected chi connectivity index (χ0v) is 14.4. The molecule has 0 radical (unpaired) electrons. The molecule has 2 aromatic rings. The van der Waals surface area contributed by atoms with Gasteiger partial charge >= 0.3 is 6.09 Å². The molecule has 0 aromatic heterocycles. The number of aliphatic imine (C=N–C) groups is 1. The minimum Gasteiger partial charge on any atom is -0.445 e. The quantitative estimate of drug-likeness (QED) is 0.819. The Hall–Kier alpha value is -2.95. The van der Waals surface area contributed by atoms with Crippen molar-refractivity contribution in [3.05, 3.63) is 71.8 Å². The zero-order valence-electron chi connectivity index (χ0n) is 14.4. The highest BCUT2D eigenvalue weighted by Gasteiger charge is 2.24. The molecule has 0 aliphatic heterocycles. The van der Waals surface area contributed by atoms with Gasteiger partial charge in [-0.3, -0.25) is 4.79 Å². The van der Waals surface area contributed by atoms with E-state index in [1.54, 1.807) is 0 Å². The number of carbonyl (C=O) groups is 2. The lowest BCUT2D eigenvalue weighted by molar-refractivity contribution is -0.120. The van der Waals surface area contributed by atoms with Crippen LogP contribution in [0.5, 0.6) is 0 Å². The Balaban J connectivity index is 1.92. The average Bonchev–Trinajstić information content (AvgIpc) is 2.64. The molecule has 0 spiro atoms. The number of amides is 2. The first-order chi connectivity index (χ1) is 12.1. The first-order valence-corrected chi connectivity index (χ1v) is 8.16. The third kappa shape index (κ3) is 6.22. The van der Waals surface area contributed by atoms with E-state index in [4.69, 9.17) is 4.74 Å². The standard InChI is InChI=1S/C20H22N2O3/c1-15(2)18(19(23)21-13-16-9-5-3-6-10-16)22-20(24)25-14-17-11-7-4-8-12-17/h3-13,15,18H,14H2,1-2H3,(H,22,24)/t18-/m0/s1. The Labute approximate surface area is 147 Å². The molecule has 0 aliphatic rings. The van der Waals surface area contributed by atoms with E-state index in [1.807, 2.05) is 74.5 Å². The summed E-state index contributed by atoms with van der Waals surface area (Å²) in [6.45, 7) is 3.84. The molecule has 1 N–H and O–H groups in total. The number of alkyl carbamates (subject to hydrolysis) is 1. The molecular formula is C20H22N2O3. The Morgan fingerprint density at radius 1 is 1.04 bits per heavy atom. The van der Waals surface area contributed by atoms with Crippen molar-refractivity contribution < 1.29 is 14.3 Å². The van der Waals surface area contributed by atoms with Crippen LogP contribution in [0.25, 0.3) is 0 Å². The number of benzene rings is 2. The van der Waals surface area contributed by atoms with E-state index < -0.39 is 18.0 Å². The molecule has 0 bridgehead atoms. The van der Waals surface area contributed by atoms with Gasteiger partial charge in [0, 0.05) is 6.21 Å². The van der Waals surface area contributed by atoms with Crippen LogP contribution in [0.3, 0.4) is 0 Å². The molecular weight excluding hydrogens is 316 g/mol. The molecule has 0 fully saturated rings. The highest BCUT2D eigenvalue weighted by molar-refractivity contribution is 5.95. The van der Waals surface area contributed by atoms with Crippen molar-refractivity contribution in [3.8, 4) is 0 Å². The SMILES string of the molecule is CC(C)[C@H](NC(=O)OCc1ccccc1)C(=O)N=Cc1ccccc1. The second-order valence-corrected chi connectivity index (χ2v) is 5.93. The maximum atomic E-state index is 12.3. The lowest BCUT2D eigenvalue weighted by Gasteiger charge is -2.18. The fourth-order valence-electron chi connectivity index (χ4n) is 2.16. The van der Waals surface area contributed by atoms with Gasteiger partial charge in [-0.2, -0.15) is 0 Å². The topological polar surface area (TPSA) is 67.8 Å². The monoisotopic (exact) mass is 338 g/mol. The number of hydrogen-bond donors (Lipinski definition) is 1. The van der Waals surface area contributed by atoms with E-state index in [-0.39, 0.29) is 12.5 Å². The fourth-order valence-corrected chi connectivity index (χ4v) is 2.16. The normalized spacial score (nSPS) is 12.1. The van der Waals surface area contributed by atoms with Crippen LogP contribution in [0, 0.1) is 5.92 Å². The Morgan fingerprint density at radius 3 is 2.24 bits per heavy atom. The van der Waals surface area contributed by atoms with Gasteiger partial charge < -0.3 is 10.1 Å². The molecule has 2 aromatic carbocycles. The van der Waals surface area contributed by atoms with Gasteiger partial charge in [0.15, 0.2) is 0 Å². The number of rotatable bonds is 6. The molecule has 0 heterocycles. The molecule has 0 saturated heterocycles. The van der Waals surface area contributed by atoms with Crippen molar-refractivity contribution in [1.29, 1.82) is 0 Å². The van der Waals surface area contributed by atoms with Crippen molar-refractivity contribution in [2.45, 2.75) is 26.5 Å². The highest BCUT2D eigenvalue weighted by Crippen LogP contribution is 2.06. The molecule has 2 amide bonds.